The van der Waals surface area contributed by atoms with Crippen LogP contribution in [-0.2, 0) is 11.0 Å². The smallest absolute Gasteiger partial charge is 0.196 e. The number of hydrogen-bond acceptors (Lipinski definition) is 3. The van der Waals surface area contributed by atoms with E-state index in [4.69, 9.17) is 8.95 Å². The molecule has 0 aliphatic heterocycles. The van der Waals surface area contributed by atoms with Crippen LogP contribution < -0.4 is 0 Å². The fourth-order valence-corrected chi connectivity index (χ4v) is 2.22. The molecule has 0 aliphatic carbocycles. The number of hydrogen-bond donors (Lipinski definition) is 0. The van der Waals surface area contributed by atoms with E-state index >= 15 is 0 Å². The molecule has 0 spiro atoms. The van der Waals surface area contributed by atoms with Crippen LogP contribution >= 0.6 is 22.6 Å². The van der Waals surface area contributed by atoms with Gasteiger partial charge in [-0.05, 0) is 18.1 Å². The molecule has 5 heteroatoms. The summed E-state index contributed by atoms with van der Waals surface area (Å²) < 4.78 is 11.8. The molecule has 0 aromatic carbocycles. The topological polar surface area (TPSA) is 35.3 Å². The molecule has 0 atom stereocenters. The van der Waals surface area contributed by atoms with E-state index in [-0.39, 0.29) is 5.04 Å². The van der Waals surface area contributed by atoms with Gasteiger partial charge in [0.15, 0.2) is 12.1 Å². The Kier molecular flexibility index (Phi) is 3.99. The van der Waals surface area contributed by atoms with Crippen LogP contribution in [-0.4, -0.2) is 13.5 Å². The second-order valence-corrected chi connectivity index (χ2v) is 11.0. The van der Waals surface area contributed by atoms with Crippen LogP contribution in [0.5, 0.6) is 0 Å². The molecule has 1 rings (SSSR count). The zero-order valence-electron chi connectivity index (χ0n) is 9.93. The van der Waals surface area contributed by atoms with Crippen LogP contribution in [0.4, 0.5) is 0 Å². The molecule has 86 valence electrons. The molecule has 0 radical (unpaired) electrons. The molecule has 1 aromatic heterocycles. The van der Waals surface area contributed by atoms with E-state index in [1.54, 1.807) is 0 Å². The van der Waals surface area contributed by atoms with Crippen molar-refractivity contribution < 1.29 is 8.95 Å². The van der Waals surface area contributed by atoms with Crippen LogP contribution in [0, 0.1) is 3.77 Å². The average Bonchev–Trinajstić information content (AvgIpc) is 2.46. The molecule has 0 fully saturated rings. The average molecular weight is 339 g/mol. The van der Waals surface area contributed by atoms with Gasteiger partial charge in [0.25, 0.3) is 0 Å². The lowest BCUT2D eigenvalue weighted by Gasteiger charge is -2.35. The Bertz CT molecular complexity index is 330. The fraction of sp³-hybridized carbons (Fsp3) is 0.700. The highest BCUT2D eigenvalue weighted by atomic mass is 127. The molecule has 1 heterocycles. The largest absolute Gasteiger partial charge is 0.411 e. The van der Waals surface area contributed by atoms with Gasteiger partial charge in [0.05, 0.1) is 6.61 Å². The number of nitrogens with zero attached hydrogens (tertiary/aromatic N) is 1. The maximum absolute atomic E-state index is 6.01. The van der Waals surface area contributed by atoms with E-state index in [1.807, 2.05) is 6.07 Å². The van der Waals surface area contributed by atoms with Crippen molar-refractivity contribution in [3.63, 3.8) is 0 Å². The van der Waals surface area contributed by atoms with Crippen LogP contribution in [0.15, 0.2) is 10.6 Å². The fourth-order valence-electron chi connectivity index (χ4n) is 0.825. The van der Waals surface area contributed by atoms with Crippen molar-refractivity contribution >= 4 is 30.9 Å². The van der Waals surface area contributed by atoms with Gasteiger partial charge in [0.1, 0.15) is 5.69 Å². The van der Waals surface area contributed by atoms with Gasteiger partial charge in [-0.1, -0.05) is 25.9 Å². The first-order valence-electron chi connectivity index (χ1n) is 4.97. The molecular weight excluding hydrogens is 321 g/mol. The van der Waals surface area contributed by atoms with E-state index < -0.39 is 8.32 Å². The normalized spacial score (nSPS) is 13.2. The van der Waals surface area contributed by atoms with Crippen molar-refractivity contribution in [2.75, 3.05) is 0 Å². The minimum absolute atomic E-state index is 0.240. The Balaban J connectivity index is 2.57. The summed E-state index contributed by atoms with van der Waals surface area (Å²) in [6.07, 6.45) is 0. The van der Waals surface area contributed by atoms with Crippen LogP contribution in [0.1, 0.15) is 26.5 Å². The Morgan fingerprint density at radius 1 is 1.47 bits per heavy atom. The third-order valence-corrected chi connectivity index (χ3v) is 7.90. The summed E-state index contributed by atoms with van der Waals surface area (Å²) in [7, 11) is -1.66. The third kappa shape index (κ3) is 3.56. The van der Waals surface area contributed by atoms with Crippen LogP contribution in [0.2, 0.25) is 18.1 Å². The summed E-state index contributed by atoms with van der Waals surface area (Å²) in [6, 6.07) is 1.91. The molecule has 0 unspecified atom stereocenters. The zero-order valence-corrected chi connectivity index (χ0v) is 13.1. The van der Waals surface area contributed by atoms with E-state index in [2.05, 4.69) is 61.6 Å². The Morgan fingerprint density at radius 2 is 2.07 bits per heavy atom. The van der Waals surface area contributed by atoms with Gasteiger partial charge < -0.3 is 8.95 Å². The predicted molar refractivity (Wildman–Crippen MR) is 71.2 cm³/mol. The molecule has 0 saturated carbocycles. The predicted octanol–water partition coefficient (Wildman–Crippen LogP) is 3.80. The van der Waals surface area contributed by atoms with Crippen LogP contribution in [0.3, 0.4) is 0 Å². The second-order valence-electron chi connectivity index (χ2n) is 5.17. The quantitative estimate of drug-likeness (QED) is 0.621. The highest BCUT2D eigenvalue weighted by molar-refractivity contribution is 14.1. The minimum Gasteiger partial charge on any atom is -0.411 e. The maximum Gasteiger partial charge on any atom is 0.196 e. The van der Waals surface area contributed by atoms with Crippen LogP contribution in [0.25, 0.3) is 0 Å². The standard InChI is InChI=1S/C10H18INO2Si/c1-10(2,3)15(4,5)13-7-8-6-9(11)14-12-8/h6H,7H2,1-5H3. The summed E-state index contributed by atoms with van der Waals surface area (Å²) in [5.41, 5.74) is 0.879. The summed E-state index contributed by atoms with van der Waals surface area (Å²) in [6.45, 7) is 11.7. The van der Waals surface area contributed by atoms with Gasteiger partial charge in [-0.3, -0.25) is 0 Å². The monoisotopic (exact) mass is 339 g/mol. The van der Waals surface area contributed by atoms with Gasteiger partial charge in [0, 0.05) is 28.7 Å². The molecule has 0 N–H and O–H groups in total. The summed E-state index contributed by atoms with van der Waals surface area (Å²) in [4.78, 5) is 0. The number of halogens is 1. The van der Waals surface area contributed by atoms with Gasteiger partial charge >= 0.3 is 0 Å². The molecular formula is C10H18INO2Si. The molecule has 15 heavy (non-hydrogen) atoms. The van der Waals surface area contributed by atoms with Crippen molar-refractivity contribution in [3.8, 4) is 0 Å². The molecule has 0 bridgehead atoms. The number of rotatable bonds is 3. The molecule has 0 amide bonds. The van der Waals surface area contributed by atoms with E-state index in [0.717, 1.165) is 9.46 Å². The first-order chi connectivity index (χ1) is 6.72. The van der Waals surface area contributed by atoms with E-state index in [1.165, 1.54) is 0 Å². The molecule has 3 nitrogen and oxygen atoms in total. The van der Waals surface area contributed by atoms with Gasteiger partial charge in [0.2, 0.25) is 0 Å². The minimum atomic E-state index is -1.66. The van der Waals surface area contributed by atoms with E-state index in [0.29, 0.717) is 6.61 Å². The van der Waals surface area contributed by atoms with Crippen molar-refractivity contribution in [3.05, 3.63) is 15.5 Å². The van der Waals surface area contributed by atoms with Crippen molar-refractivity contribution in [2.45, 2.75) is 45.5 Å². The molecule has 0 aliphatic rings. The maximum atomic E-state index is 6.01. The summed E-state index contributed by atoms with van der Waals surface area (Å²) in [5.74, 6) is 0. The number of aromatic nitrogens is 1. The third-order valence-electron chi connectivity index (χ3n) is 2.92. The van der Waals surface area contributed by atoms with Gasteiger partial charge in [-0.15, -0.1) is 0 Å². The Labute approximate surface area is 106 Å². The van der Waals surface area contributed by atoms with Crippen molar-refractivity contribution in [2.24, 2.45) is 0 Å². The lowest BCUT2D eigenvalue weighted by Crippen LogP contribution is -2.40. The highest BCUT2D eigenvalue weighted by Gasteiger charge is 2.37. The first-order valence-corrected chi connectivity index (χ1v) is 8.96. The highest BCUT2D eigenvalue weighted by Crippen LogP contribution is 2.36. The zero-order chi connectivity index (χ0) is 11.7. The molecule has 0 saturated heterocycles. The molecule has 1 aromatic rings. The first kappa shape index (κ1) is 13.2. The Morgan fingerprint density at radius 3 is 2.47 bits per heavy atom. The lowest BCUT2D eigenvalue weighted by molar-refractivity contribution is 0.262. The summed E-state index contributed by atoms with van der Waals surface area (Å²) >= 11 is 2.10. The summed E-state index contributed by atoms with van der Waals surface area (Å²) in [5, 5.41) is 4.16. The second kappa shape index (κ2) is 4.55. The van der Waals surface area contributed by atoms with Crippen molar-refractivity contribution in [1.29, 1.82) is 0 Å². The van der Waals surface area contributed by atoms with Gasteiger partial charge in [-0.25, -0.2) is 0 Å². The SMILES string of the molecule is CC(C)(C)[Si](C)(C)OCc1cc(I)on1. The Hall–Kier alpha value is 0.117. The van der Waals surface area contributed by atoms with Crippen molar-refractivity contribution in [1.82, 2.24) is 5.16 Å². The van der Waals surface area contributed by atoms with E-state index in [9.17, 15) is 0 Å². The van der Waals surface area contributed by atoms with Gasteiger partial charge in [-0.2, -0.15) is 0 Å². The lowest BCUT2D eigenvalue weighted by atomic mass is 10.2.